The molecule has 1 N–H and O–H groups in total. The van der Waals surface area contributed by atoms with Gasteiger partial charge in [-0.1, -0.05) is 82.6 Å². The van der Waals surface area contributed by atoms with Gasteiger partial charge in [0.25, 0.3) is 0 Å². The van der Waals surface area contributed by atoms with E-state index in [1.807, 2.05) is 0 Å². The van der Waals surface area contributed by atoms with Crippen molar-refractivity contribution in [3.63, 3.8) is 0 Å². The number of rotatable bonds is 0. The van der Waals surface area contributed by atoms with E-state index in [1.54, 1.807) is 0 Å². The first kappa shape index (κ1) is 24.0. The quantitative estimate of drug-likeness (QED) is 0.465. The summed E-state index contributed by atoms with van der Waals surface area (Å²) < 4.78 is 0. The topological polar surface area (TPSA) is 20.2 Å². The van der Waals surface area contributed by atoms with E-state index in [9.17, 15) is 5.11 Å². The van der Waals surface area contributed by atoms with Crippen LogP contribution in [0, 0.1) is 39.4 Å². The van der Waals surface area contributed by atoms with Crippen LogP contribution in [0.3, 0.4) is 0 Å². The van der Waals surface area contributed by atoms with Gasteiger partial charge in [-0.15, -0.1) is 0 Å². The van der Waals surface area contributed by atoms with Crippen LogP contribution in [0.15, 0.2) is 0 Å². The predicted molar refractivity (Wildman–Crippen MR) is 116 cm³/mol. The Bertz CT molecular complexity index is 400. The Morgan fingerprint density at radius 2 is 1.15 bits per heavy atom. The zero-order valence-electron chi connectivity index (χ0n) is 20.0. The Morgan fingerprint density at radius 3 is 1.31 bits per heavy atom. The van der Waals surface area contributed by atoms with Gasteiger partial charge in [-0.3, -0.25) is 0 Å². The van der Waals surface area contributed by atoms with Gasteiger partial charge in [0, 0.05) is 0 Å². The average molecular weight is 367 g/mol. The molecule has 1 nitrogen and oxygen atoms in total. The minimum absolute atomic E-state index is 0.0197. The third kappa shape index (κ3) is 5.98. The molecule has 4 aliphatic rings. The van der Waals surface area contributed by atoms with Gasteiger partial charge in [0.2, 0.25) is 0 Å². The van der Waals surface area contributed by atoms with Crippen molar-refractivity contribution in [2.75, 3.05) is 0 Å². The summed E-state index contributed by atoms with van der Waals surface area (Å²) in [5, 5.41) is 9.35. The van der Waals surface area contributed by atoms with Crippen molar-refractivity contribution >= 4 is 0 Å². The van der Waals surface area contributed by atoms with Crippen molar-refractivity contribution in [1.82, 2.24) is 0 Å². The lowest BCUT2D eigenvalue weighted by atomic mass is 9.37. The minimum Gasteiger partial charge on any atom is -0.393 e. The Balaban J connectivity index is 0.000000196. The molecule has 0 amide bonds. The van der Waals surface area contributed by atoms with Crippen LogP contribution in [0.25, 0.3) is 0 Å². The Hall–Kier alpha value is -0.0400. The third-order valence-corrected chi connectivity index (χ3v) is 8.29. The Kier molecular flexibility index (Phi) is 7.51. The van der Waals surface area contributed by atoms with Gasteiger partial charge < -0.3 is 5.11 Å². The van der Waals surface area contributed by atoms with Gasteiger partial charge in [-0.2, -0.15) is 0 Å². The molecule has 4 aliphatic carbocycles. The van der Waals surface area contributed by atoms with E-state index in [0.717, 1.165) is 23.7 Å². The van der Waals surface area contributed by atoms with Crippen LogP contribution >= 0.6 is 0 Å². The van der Waals surface area contributed by atoms with Crippen molar-refractivity contribution in [3.05, 3.63) is 0 Å². The fraction of sp³-hybridized carbons (Fsp3) is 1.00. The summed E-state index contributed by atoms with van der Waals surface area (Å²) in [5.74, 6) is 2.43. The summed E-state index contributed by atoms with van der Waals surface area (Å²) in [6.07, 6.45) is 8.12. The van der Waals surface area contributed by atoms with Crippen molar-refractivity contribution in [3.8, 4) is 0 Å². The molecule has 0 aromatic rings. The Labute approximate surface area is 165 Å². The van der Waals surface area contributed by atoms with E-state index in [-0.39, 0.29) is 6.10 Å². The van der Waals surface area contributed by atoms with Crippen LogP contribution < -0.4 is 0 Å². The maximum absolute atomic E-state index is 9.35. The molecule has 0 aliphatic heterocycles. The largest absolute Gasteiger partial charge is 0.393 e. The second kappa shape index (κ2) is 8.14. The number of hydrogen-bond acceptors (Lipinski definition) is 1. The molecule has 0 heterocycles. The summed E-state index contributed by atoms with van der Waals surface area (Å²) >= 11 is 0. The van der Waals surface area contributed by atoms with E-state index in [1.165, 1.54) is 32.1 Å². The van der Waals surface area contributed by atoms with Crippen molar-refractivity contribution < 1.29 is 5.11 Å². The zero-order chi connectivity index (χ0) is 20.6. The van der Waals surface area contributed by atoms with Crippen LogP contribution in [0.4, 0.5) is 0 Å². The molecule has 26 heavy (non-hydrogen) atoms. The van der Waals surface area contributed by atoms with E-state index >= 15 is 0 Å². The second-order valence-corrected chi connectivity index (χ2v) is 13.0. The first-order valence-electron chi connectivity index (χ1n) is 11.2. The summed E-state index contributed by atoms with van der Waals surface area (Å²) in [5.41, 5.74) is 2.28. The summed E-state index contributed by atoms with van der Waals surface area (Å²) in [7, 11) is 0. The van der Waals surface area contributed by atoms with Crippen molar-refractivity contribution in [2.45, 2.75) is 121 Å². The summed E-state index contributed by atoms with van der Waals surface area (Å²) in [4.78, 5) is 0. The van der Waals surface area contributed by atoms with Crippen LogP contribution in [0.5, 0.6) is 0 Å². The van der Waals surface area contributed by atoms with Crippen LogP contribution in [-0.2, 0) is 0 Å². The fourth-order valence-electron chi connectivity index (χ4n) is 3.90. The summed E-state index contributed by atoms with van der Waals surface area (Å²) in [6, 6.07) is 0. The highest BCUT2D eigenvalue weighted by Crippen LogP contribution is 2.71. The monoisotopic (exact) mass is 366 g/mol. The smallest absolute Gasteiger partial charge is 0.0568 e. The lowest BCUT2D eigenvalue weighted by molar-refractivity contribution is -0.181. The molecule has 0 aromatic carbocycles. The number of hydrogen-bond donors (Lipinski definition) is 1. The first-order valence-corrected chi connectivity index (χ1v) is 11.2. The first-order chi connectivity index (χ1) is 11.5. The number of aliphatic hydroxyl groups excluding tert-OH is 1. The number of aliphatic hydroxyl groups is 1. The molecule has 0 radical (unpaired) electrons. The fourth-order valence-corrected chi connectivity index (χ4v) is 3.90. The lowest BCUT2D eigenvalue weighted by Crippen LogP contribution is -2.58. The molecule has 0 aromatic heterocycles. The molecule has 0 spiro atoms. The highest BCUT2D eigenvalue weighted by molar-refractivity contribution is 5.11. The third-order valence-electron chi connectivity index (χ3n) is 8.29. The van der Waals surface area contributed by atoms with E-state index < -0.39 is 0 Å². The second-order valence-electron chi connectivity index (χ2n) is 13.0. The van der Waals surface area contributed by atoms with E-state index in [2.05, 4.69) is 76.2 Å². The maximum Gasteiger partial charge on any atom is 0.0568 e. The maximum atomic E-state index is 9.35. The molecular formula is C25H50O. The standard InChI is InChI=1S/C9H16.C8H16O.C8H18/c1-8(2,3)9-4-7(5-9)6-9;1-6-3-4-7(2)8(9)5-6;1-7(2,3)8(4,5)6/h7H,4-6H2,1-3H3;6-9H,3-5H2,1-2H3;1-6H3/t;6-,7-,8-;/m.1./s1. The van der Waals surface area contributed by atoms with Crippen LogP contribution in [0.2, 0.25) is 0 Å². The Morgan fingerprint density at radius 1 is 0.731 bits per heavy atom. The van der Waals surface area contributed by atoms with E-state index in [4.69, 9.17) is 0 Å². The van der Waals surface area contributed by atoms with Gasteiger partial charge in [-0.25, -0.2) is 0 Å². The van der Waals surface area contributed by atoms with Gasteiger partial charge in [0.15, 0.2) is 0 Å². The summed E-state index contributed by atoms with van der Waals surface area (Å²) in [6.45, 7) is 25.2. The highest BCUT2D eigenvalue weighted by Gasteiger charge is 2.61. The van der Waals surface area contributed by atoms with E-state index in [0.29, 0.717) is 22.2 Å². The molecule has 0 saturated heterocycles. The van der Waals surface area contributed by atoms with Gasteiger partial charge >= 0.3 is 0 Å². The normalized spacial score (nSPS) is 36.5. The van der Waals surface area contributed by atoms with Crippen molar-refractivity contribution in [2.24, 2.45) is 39.4 Å². The molecule has 4 saturated carbocycles. The van der Waals surface area contributed by atoms with Crippen molar-refractivity contribution in [1.29, 1.82) is 0 Å². The molecule has 2 bridgehead atoms. The molecule has 4 fully saturated rings. The van der Waals surface area contributed by atoms with Gasteiger partial charge in [-0.05, 0) is 71.5 Å². The predicted octanol–water partition coefficient (Wildman–Crippen LogP) is 7.71. The zero-order valence-corrected chi connectivity index (χ0v) is 20.0. The molecular weight excluding hydrogens is 316 g/mol. The van der Waals surface area contributed by atoms with Gasteiger partial charge in [0.05, 0.1) is 6.10 Å². The highest BCUT2D eigenvalue weighted by atomic mass is 16.3. The SMILES string of the molecule is CC(C)(C)C(C)(C)C.CC(C)(C)C12CC(C1)C2.C[C@@H]1CC[C@@H](C)[C@H](O)C1. The van der Waals surface area contributed by atoms with Gasteiger partial charge in [0.1, 0.15) is 0 Å². The average Bonchev–Trinajstić information content (AvgIpc) is 2.27. The lowest BCUT2D eigenvalue weighted by Gasteiger charge is -2.68. The molecule has 3 atom stereocenters. The molecule has 0 unspecified atom stereocenters. The van der Waals surface area contributed by atoms with Crippen LogP contribution in [-0.4, -0.2) is 11.2 Å². The molecule has 4 rings (SSSR count). The van der Waals surface area contributed by atoms with Crippen LogP contribution in [0.1, 0.15) is 115 Å². The minimum atomic E-state index is -0.0197. The molecule has 1 heteroatoms. The molecule has 156 valence electrons.